The molecule has 3 rings (SSSR count). The zero-order valence-corrected chi connectivity index (χ0v) is 20.1. The van der Waals surface area contributed by atoms with E-state index in [2.05, 4.69) is 10.4 Å². The van der Waals surface area contributed by atoms with Gasteiger partial charge in [0.2, 0.25) is 5.91 Å². The molecule has 2 aromatic carbocycles. The number of nitrogens with zero attached hydrogens (tertiary/aromatic N) is 2. The van der Waals surface area contributed by atoms with Gasteiger partial charge in [-0.2, -0.15) is 5.10 Å². The van der Waals surface area contributed by atoms with E-state index in [0.717, 1.165) is 5.56 Å². The maximum atomic E-state index is 13.1. The van der Waals surface area contributed by atoms with Gasteiger partial charge in [0.25, 0.3) is 5.91 Å². The Bertz CT molecular complexity index is 1160. The Morgan fingerprint density at radius 2 is 1.69 bits per heavy atom. The van der Waals surface area contributed by atoms with Gasteiger partial charge in [-0.3, -0.25) is 9.59 Å². The maximum absolute atomic E-state index is 13.1. The topological polar surface area (TPSA) is 90.0 Å². The Hall–Kier alpha value is -2.54. The normalized spacial score (nSPS) is 12.1. The van der Waals surface area contributed by atoms with Crippen LogP contribution in [0.5, 0.6) is 0 Å². The van der Waals surface area contributed by atoms with Crippen molar-refractivity contribution < 1.29 is 9.59 Å². The van der Waals surface area contributed by atoms with E-state index >= 15 is 0 Å². The molecule has 2 amide bonds. The number of aromatic nitrogens is 2. The maximum Gasteiger partial charge on any atom is 0.272 e. The van der Waals surface area contributed by atoms with Crippen molar-refractivity contribution in [2.45, 2.75) is 33.2 Å². The fraction of sp³-hybridized carbons (Fsp3) is 0.261. The van der Waals surface area contributed by atoms with Gasteiger partial charge < -0.3 is 11.1 Å². The fourth-order valence-corrected chi connectivity index (χ4v) is 4.04. The van der Waals surface area contributed by atoms with E-state index in [1.807, 2.05) is 26.0 Å². The molecule has 1 atom stereocenters. The first-order valence-corrected chi connectivity index (χ1v) is 11.1. The second-order valence-electron chi connectivity index (χ2n) is 7.89. The number of amides is 2. The molecule has 6 nitrogen and oxygen atoms in total. The monoisotopic (exact) mass is 492 g/mol. The largest absolute Gasteiger partial charge is 0.368 e. The third-order valence-electron chi connectivity index (χ3n) is 4.95. The van der Waals surface area contributed by atoms with Gasteiger partial charge in [0.15, 0.2) is 5.69 Å². The number of carbonyl (C=O) groups is 2. The van der Waals surface area contributed by atoms with Crippen molar-refractivity contribution in [3.63, 3.8) is 0 Å². The van der Waals surface area contributed by atoms with Crippen LogP contribution in [0.15, 0.2) is 42.5 Å². The lowest BCUT2D eigenvalue weighted by Gasteiger charge is -2.16. The minimum atomic E-state index is -0.801. The molecule has 1 unspecified atom stereocenters. The van der Waals surface area contributed by atoms with Crippen LogP contribution in [-0.4, -0.2) is 27.6 Å². The average Bonchev–Trinajstić information content (AvgIpc) is 3.04. The Kier molecular flexibility index (Phi) is 7.49. The summed E-state index contributed by atoms with van der Waals surface area (Å²) in [5, 5.41) is 8.70. The lowest BCUT2D eigenvalue weighted by Crippen LogP contribution is -2.45. The van der Waals surface area contributed by atoms with E-state index in [0.29, 0.717) is 38.4 Å². The second-order valence-corrected chi connectivity index (χ2v) is 9.17. The molecule has 0 bridgehead atoms. The zero-order valence-electron chi connectivity index (χ0n) is 17.8. The van der Waals surface area contributed by atoms with Gasteiger partial charge in [-0.15, -0.1) is 0 Å². The van der Waals surface area contributed by atoms with E-state index in [-0.39, 0.29) is 11.6 Å². The fourth-order valence-electron chi connectivity index (χ4n) is 3.43. The van der Waals surface area contributed by atoms with Crippen molar-refractivity contribution in [2.75, 3.05) is 0 Å². The van der Waals surface area contributed by atoms with Crippen molar-refractivity contribution in [1.82, 2.24) is 15.1 Å². The lowest BCUT2D eigenvalue weighted by molar-refractivity contribution is -0.120. The number of benzene rings is 2. The number of nitrogens with two attached hydrogens (primary N) is 1. The molecule has 3 aromatic rings. The summed E-state index contributed by atoms with van der Waals surface area (Å²) in [6, 6.07) is 11.4. The molecular formula is C23H23Cl3N4O2. The first-order valence-electron chi connectivity index (χ1n) is 9.99. The van der Waals surface area contributed by atoms with Crippen LogP contribution in [0, 0.1) is 12.8 Å². The average molecular weight is 494 g/mol. The van der Waals surface area contributed by atoms with Crippen LogP contribution in [-0.2, 0) is 4.79 Å². The van der Waals surface area contributed by atoms with E-state index < -0.39 is 17.9 Å². The molecule has 0 aliphatic rings. The van der Waals surface area contributed by atoms with Gasteiger partial charge in [-0.05, 0) is 49.6 Å². The van der Waals surface area contributed by atoms with Crippen LogP contribution < -0.4 is 11.1 Å². The van der Waals surface area contributed by atoms with Gasteiger partial charge >= 0.3 is 0 Å². The van der Waals surface area contributed by atoms with Gasteiger partial charge in [-0.25, -0.2) is 4.68 Å². The van der Waals surface area contributed by atoms with Crippen molar-refractivity contribution in [2.24, 2.45) is 11.7 Å². The number of primary amides is 1. The number of halogens is 3. The third-order valence-corrected chi connectivity index (χ3v) is 5.74. The highest BCUT2D eigenvalue weighted by molar-refractivity contribution is 6.35. The van der Waals surface area contributed by atoms with Crippen LogP contribution in [0.4, 0.5) is 0 Å². The Balaban J connectivity index is 2.13. The minimum Gasteiger partial charge on any atom is -0.368 e. The predicted molar refractivity (Wildman–Crippen MR) is 129 cm³/mol. The summed E-state index contributed by atoms with van der Waals surface area (Å²) in [6.45, 7) is 5.68. The van der Waals surface area contributed by atoms with Gasteiger partial charge in [0.1, 0.15) is 6.04 Å². The summed E-state index contributed by atoms with van der Waals surface area (Å²) in [4.78, 5) is 25.0. The van der Waals surface area contributed by atoms with E-state index in [1.54, 1.807) is 41.9 Å². The van der Waals surface area contributed by atoms with E-state index in [4.69, 9.17) is 40.5 Å². The van der Waals surface area contributed by atoms with Crippen LogP contribution in [0.2, 0.25) is 15.1 Å². The third kappa shape index (κ3) is 5.26. The SMILES string of the molecule is Cc1c(C(=O)NC(CC(C)C)C(N)=O)nn(-c2ccc(Cl)cc2Cl)c1-c1ccc(Cl)cc1. The van der Waals surface area contributed by atoms with Gasteiger partial charge in [0.05, 0.1) is 16.4 Å². The summed E-state index contributed by atoms with van der Waals surface area (Å²) in [5.41, 5.74) is 8.28. The highest BCUT2D eigenvalue weighted by Crippen LogP contribution is 2.33. The first kappa shape index (κ1) is 24.1. The van der Waals surface area contributed by atoms with Gasteiger partial charge in [0, 0.05) is 21.2 Å². The van der Waals surface area contributed by atoms with Crippen LogP contribution in [0.25, 0.3) is 16.9 Å². The van der Waals surface area contributed by atoms with Gasteiger partial charge in [-0.1, -0.05) is 60.8 Å². The summed E-state index contributed by atoms with van der Waals surface area (Å²) < 4.78 is 1.59. The summed E-state index contributed by atoms with van der Waals surface area (Å²) in [5.74, 6) is -0.919. The number of hydrogen-bond donors (Lipinski definition) is 2. The van der Waals surface area contributed by atoms with Crippen molar-refractivity contribution in [1.29, 1.82) is 0 Å². The van der Waals surface area contributed by atoms with Crippen LogP contribution in [0.3, 0.4) is 0 Å². The molecule has 1 aromatic heterocycles. The molecule has 168 valence electrons. The summed E-state index contributed by atoms with van der Waals surface area (Å²) >= 11 is 18.6. The van der Waals surface area contributed by atoms with Crippen molar-refractivity contribution in [3.05, 3.63) is 68.8 Å². The molecule has 0 saturated heterocycles. The molecular weight excluding hydrogens is 471 g/mol. The van der Waals surface area contributed by atoms with Crippen LogP contribution in [0.1, 0.15) is 36.3 Å². The van der Waals surface area contributed by atoms with E-state index in [9.17, 15) is 9.59 Å². The molecule has 0 saturated carbocycles. The predicted octanol–water partition coefficient (Wildman–Crippen LogP) is 5.44. The second kappa shape index (κ2) is 9.94. The molecule has 0 fully saturated rings. The molecule has 0 spiro atoms. The van der Waals surface area contributed by atoms with Crippen LogP contribution >= 0.6 is 34.8 Å². The molecule has 0 radical (unpaired) electrons. The molecule has 3 N–H and O–H groups in total. The number of hydrogen-bond acceptors (Lipinski definition) is 3. The standard InChI is InChI=1S/C23H23Cl3N4O2/c1-12(2)10-18(22(27)31)28-23(32)20-13(3)21(14-4-6-15(24)7-5-14)30(29-20)19-9-8-16(25)11-17(19)26/h4-9,11-12,18H,10H2,1-3H3,(H2,27,31)(H,28,32). The number of carbonyl (C=O) groups excluding carboxylic acids is 2. The van der Waals surface area contributed by atoms with Crippen molar-refractivity contribution >= 4 is 46.6 Å². The lowest BCUT2D eigenvalue weighted by atomic mass is 10.0. The smallest absolute Gasteiger partial charge is 0.272 e. The molecule has 0 aliphatic heterocycles. The quantitative estimate of drug-likeness (QED) is 0.459. The minimum absolute atomic E-state index is 0.163. The number of rotatable bonds is 7. The summed E-state index contributed by atoms with van der Waals surface area (Å²) in [7, 11) is 0. The van der Waals surface area contributed by atoms with Crippen molar-refractivity contribution in [3.8, 4) is 16.9 Å². The molecule has 0 aliphatic carbocycles. The van der Waals surface area contributed by atoms with E-state index in [1.165, 1.54) is 0 Å². The Morgan fingerprint density at radius 3 is 2.25 bits per heavy atom. The summed E-state index contributed by atoms with van der Waals surface area (Å²) in [6.07, 6.45) is 0.424. The number of nitrogens with one attached hydrogen (secondary N) is 1. The molecule has 32 heavy (non-hydrogen) atoms. The molecule has 9 heteroatoms. The highest BCUT2D eigenvalue weighted by Gasteiger charge is 2.26. The highest BCUT2D eigenvalue weighted by atomic mass is 35.5. The Morgan fingerprint density at radius 1 is 1.06 bits per heavy atom. The molecule has 1 heterocycles. The zero-order chi connectivity index (χ0) is 23.6. The Labute approximate surface area is 201 Å². The first-order chi connectivity index (χ1) is 15.1.